The Morgan fingerprint density at radius 2 is 0.632 bits per heavy atom. The van der Waals surface area contributed by atoms with E-state index in [2.05, 4.69) is 263 Å². The fourth-order valence-corrected chi connectivity index (χ4v) is 13.9. The molecule has 683 valence electrons. The van der Waals surface area contributed by atoms with E-state index in [-0.39, 0.29) is 49.6 Å². The van der Waals surface area contributed by atoms with Crippen LogP contribution in [0.2, 0.25) is 0 Å². The van der Waals surface area contributed by atoms with E-state index in [0.29, 0.717) is 11.3 Å². The number of aromatic nitrogens is 11. The number of hydrogen-bond acceptors (Lipinski definition) is 11. The first-order valence-electron chi connectivity index (χ1n) is 41.4. The fraction of sp³-hybridized carbons (Fsp3) is 0.109. The molecule has 19 aromatic rings. The number of halogens is 6. The second kappa shape index (κ2) is 50.7. The van der Waals surface area contributed by atoms with Crippen LogP contribution >= 0.6 is 30.6 Å². The number of phenols is 1. The summed E-state index contributed by atoms with van der Waals surface area (Å²) in [4.78, 5) is 48.6. The number of rotatable bonds is 10. The molecule has 11 aromatic heterocycles. The maximum absolute atomic E-state index is 12.8. The van der Waals surface area contributed by atoms with Crippen LogP contribution in [0.5, 0.6) is 5.75 Å². The van der Waals surface area contributed by atoms with Crippen LogP contribution in [-0.2, 0) is 107 Å². The number of hydrogen-bond donors (Lipinski definition) is 1. The zero-order chi connectivity index (χ0) is 92.7. The van der Waals surface area contributed by atoms with Crippen LogP contribution in [0.1, 0.15) is 74.9 Å². The van der Waals surface area contributed by atoms with Gasteiger partial charge in [-0.3, -0.25) is 49.8 Å². The molecule has 23 heteroatoms. The SMILES string of the molecule is CC(C)(C)c1cc(-c2ccccn2)[c-]c(-c2ccccn2)c1.Cc1ccc(-c2[c-]c(-c3ccc(C(F)(F)F)cn3)cc(C(C)(C)C)c2)nc1.Oc1ccccc1-c1ccc2c(n1)-c1[c-]c(-c3ccccn3)ccc1CC2.[Cl][Ni].[Cl][Ni].[Cl][Ni].[Ni+2].[Ni].[c-]1c(-c2ccccn2)cccc1-c1ccccn1.[c-]1c(-c2ccccn2)cccc1-c1ccccn1.c1ccc2c(c1)[n-]c1ccccc12. The minimum Gasteiger partial charge on any atom is -0.657 e. The van der Waals surface area contributed by atoms with Crippen LogP contribution in [0.15, 0.2) is 365 Å². The molecule has 0 saturated carbocycles. The van der Waals surface area contributed by atoms with Crippen molar-refractivity contribution in [3.05, 3.63) is 429 Å². The Labute approximate surface area is 831 Å². The quantitative estimate of drug-likeness (QED) is 0.102. The van der Waals surface area contributed by atoms with Crippen LogP contribution in [-0.4, -0.2) is 54.9 Å². The first kappa shape index (κ1) is 103. The predicted molar refractivity (Wildman–Crippen MR) is 513 cm³/mol. The summed E-state index contributed by atoms with van der Waals surface area (Å²) in [6.07, 6.45) is 12.8. The minimum absolute atomic E-state index is 0. The molecule has 0 radical (unpaired) electrons. The van der Waals surface area contributed by atoms with Gasteiger partial charge in [0.15, 0.2) is 0 Å². The molecular formula is C110H86Cl3F3N11Ni5O-4. The van der Waals surface area contributed by atoms with Gasteiger partial charge in [0.25, 0.3) is 0 Å². The number of benzene rings is 8. The monoisotopic (exact) mass is 2030 g/mol. The van der Waals surface area contributed by atoms with Gasteiger partial charge in [-0.15, -0.1) is 131 Å². The number of para-hydroxylation sites is 3. The van der Waals surface area contributed by atoms with Crippen LogP contribution in [0.25, 0.3) is 146 Å². The maximum atomic E-state index is 12.8. The smallest absolute Gasteiger partial charge is 0.657 e. The van der Waals surface area contributed by atoms with E-state index in [1.165, 1.54) is 33.5 Å². The summed E-state index contributed by atoms with van der Waals surface area (Å²) in [5.74, 6) is 0.243. The molecule has 0 spiro atoms. The zero-order valence-electron chi connectivity index (χ0n) is 72.8. The van der Waals surface area contributed by atoms with Crippen molar-refractivity contribution < 1.29 is 95.0 Å². The molecule has 12 nitrogen and oxygen atoms in total. The summed E-state index contributed by atoms with van der Waals surface area (Å²) >= 11 is 10.0. The third-order valence-corrected chi connectivity index (χ3v) is 20.6. The van der Waals surface area contributed by atoms with Crippen LogP contribution in [0.4, 0.5) is 13.2 Å². The largest absolute Gasteiger partial charge is 2.00 e. The normalized spacial score (nSPS) is 10.9. The van der Waals surface area contributed by atoms with Crippen molar-refractivity contribution in [1.82, 2.24) is 54.8 Å². The van der Waals surface area contributed by atoms with Gasteiger partial charge in [-0.05, 0) is 101 Å². The summed E-state index contributed by atoms with van der Waals surface area (Å²) < 4.78 is 38.4. The number of phenolic OH excluding ortho intramolecular Hbond substituents is 1. The number of aryl methyl sites for hydroxylation is 3. The van der Waals surface area contributed by atoms with Crippen molar-refractivity contribution >= 4 is 52.4 Å². The van der Waals surface area contributed by atoms with E-state index < -0.39 is 11.7 Å². The van der Waals surface area contributed by atoms with Gasteiger partial charge in [0, 0.05) is 135 Å². The van der Waals surface area contributed by atoms with Gasteiger partial charge >= 0.3 is 97.0 Å². The van der Waals surface area contributed by atoms with Crippen molar-refractivity contribution in [2.24, 2.45) is 0 Å². The molecule has 1 N–H and O–H groups in total. The van der Waals surface area contributed by atoms with E-state index in [9.17, 15) is 18.3 Å². The van der Waals surface area contributed by atoms with Crippen molar-refractivity contribution in [2.45, 2.75) is 78.3 Å². The van der Waals surface area contributed by atoms with Gasteiger partial charge in [-0.25, -0.2) is 0 Å². The Morgan fingerprint density at radius 3 is 0.977 bits per heavy atom. The standard InChI is InChI=1S/C24H17N2O.C22H20F3N2.C20H19N2.2C16H11N2.C12H8N.3ClH.5Ni/c27-23-7-2-1-5-19(23)22-13-12-17-10-8-16-9-11-18(15-20(16)24(17)26-22)21-6-3-4-14-25-21;1-14-5-7-19(26-12-14)15-9-16(11-18(10-15)21(2,3)4)20-8-6-17(13-27-20)22(23,24)25;1-20(2,3)17-13-15(18-8-4-6-10-21-18)12-16(14-17)19-9-5-7-11-22-19;2*1-3-10-17-15(8-1)13-6-5-7-14(12-13)16-9-2-4-11-18-16;1-3-7-11-9(5-1)10-6-2-4-8-12(10)13-11;;;;;;;;/h1-7,9,11-14,27H,8,10H2;5-8,10-13H,1-4H3;4-11,13-14H,1-3H3;2*1-11H;1-8H;3*1H;;;;;/q6*-1;;;;;3*+1;+2/p-3. The Balaban J connectivity index is 0.000000165. The number of fused-ring (bicyclic) bond motifs is 6. The molecule has 133 heavy (non-hydrogen) atoms. The number of alkyl halides is 3. The molecule has 8 aromatic carbocycles. The van der Waals surface area contributed by atoms with Crippen LogP contribution in [0, 0.1) is 37.3 Å². The molecule has 1 aliphatic rings. The Kier molecular flexibility index (Phi) is 39.3. The molecule has 0 unspecified atom stereocenters. The Morgan fingerprint density at radius 1 is 0.316 bits per heavy atom. The summed E-state index contributed by atoms with van der Waals surface area (Å²) in [6.45, 7) is 14.9. The van der Waals surface area contributed by atoms with Gasteiger partial charge in [0.05, 0.1) is 11.3 Å². The molecule has 0 bridgehead atoms. The van der Waals surface area contributed by atoms with E-state index in [1.54, 1.807) is 43.2 Å². The first-order valence-corrected chi connectivity index (χ1v) is 45.4. The van der Waals surface area contributed by atoms with Crippen molar-refractivity contribution in [3.63, 3.8) is 0 Å². The molecule has 0 amide bonds. The predicted octanol–water partition coefficient (Wildman–Crippen LogP) is 28.5. The Hall–Kier alpha value is -12.0. The summed E-state index contributed by atoms with van der Waals surface area (Å²) in [7, 11) is 12.8. The van der Waals surface area contributed by atoms with Gasteiger partial charge in [-0.1, -0.05) is 285 Å². The van der Waals surface area contributed by atoms with Crippen molar-refractivity contribution in [2.75, 3.05) is 0 Å². The third kappa shape index (κ3) is 28.5. The molecule has 11 heterocycles. The van der Waals surface area contributed by atoms with E-state index in [1.807, 2.05) is 244 Å². The third-order valence-electron chi connectivity index (χ3n) is 20.6. The van der Waals surface area contributed by atoms with Gasteiger partial charge < -0.3 is 10.1 Å². The first-order chi connectivity index (χ1) is 63.7. The van der Waals surface area contributed by atoms with Crippen molar-refractivity contribution in [1.29, 1.82) is 0 Å². The van der Waals surface area contributed by atoms with E-state index in [4.69, 9.17) is 4.98 Å². The second-order valence-corrected chi connectivity index (χ2v) is 31.6. The van der Waals surface area contributed by atoms with Crippen LogP contribution < -0.4 is 4.98 Å². The summed E-state index contributed by atoms with van der Waals surface area (Å²) in [5.41, 5.74) is 26.7. The average Bonchev–Trinajstić information content (AvgIpc) is 1.76. The van der Waals surface area contributed by atoms with Crippen LogP contribution in [0.3, 0.4) is 0 Å². The molecule has 0 fully saturated rings. The van der Waals surface area contributed by atoms with Gasteiger partial charge in [0.1, 0.15) is 5.75 Å². The molecule has 0 saturated heterocycles. The van der Waals surface area contributed by atoms with Crippen molar-refractivity contribution in [3.8, 4) is 130 Å². The minimum atomic E-state index is -4.40. The van der Waals surface area contributed by atoms with Gasteiger partial charge in [0.2, 0.25) is 0 Å². The molecule has 1 aliphatic carbocycles. The molecular weight excluding hydrogens is 1950 g/mol. The number of aromatic hydroxyl groups is 1. The van der Waals surface area contributed by atoms with Gasteiger partial charge in [-0.2, -0.15) is 13.2 Å². The molecule has 20 rings (SSSR count). The number of nitrogens with zero attached hydrogens (tertiary/aromatic N) is 11. The molecule has 0 aliphatic heterocycles. The number of pyridine rings is 10. The Bertz CT molecular complexity index is 6490. The second-order valence-electron chi connectivity index (χ2n) is 31.6. The maximum Gasteiger partial charge on any atom is 2.00 e. The van der Waals surface area contributed by atoms with E-state index in [0.717, 1.165) is 160 Å². The zero-order valence-corrected chi connectivity index (χ0v) is 80.0. The molecule has 0 atom stereocenters. The topological polar surface area (TPSA) is 163 Å². The average molecular weight is 2030 g/mol. The fourth-order valence-electron chi connectivity index (χ4n) is 13.9. The van der Waals surface area contributed by atoms with E-state index >= 15 is 0 Å². The summed E-state index contributed by atoms with van der Waals surface area (Å²) in [6, 6.07) is 117. The summed E-state index contributed by atoms with van der Waals surface area (Å²) in [5, 5.41) is 12.7.